The van der Waals surface area contributed by atoms with Gasteiger partial charge in [0.25, 0.3) is 0 Å². The molecule has 23 heavy (non-hydrogen) atoms. The van der Waals surface area contributed by atoms with Crippen LogP contribution in [0.5, 0.6) is 0 Å². The number of hydrogen-bond acceptors (Lipinski definition) is 3. The summed E-state index contributed by atoms with van der Waals surface area (Å²) in [5.74, 6) is -0.787. The molecular formula is C18H25NO4. The predicted octanol–water partition coefficient (Wildman–Crippen LogP) is 2.84. The van der Waals surface area contributed by atoms with E-state index in [1.54, 1.807) is 12.0 Å². The van der Waals surface area contributed by atoms with Crippen LogP contribution in [-0.2, 0) is 20.9 Å². The van der Waals surface area contributed by atoms with E-state index < -0.39 is 5.97 Å². The number of methoxy groups -OCH3 is 1. The molecule has 0 spiro atoms. The third-order valence-electron chi connectivity index (χ3n) is 4.56. The Morgan fingerprint density at radius 2 is 1.96 bits per heavy atom. The Hall–Kier alpha value is -1.88. The molecule has 1 saturated carbocycles. The van der Waals surface area contributed by atoms with Gasteiger partial charge >= 0.3 is 5.97 Å². The number of benzene rings is 1. The van der Waals surface area contributed by atoms with Crippen LogP contribution in [0.2, 0.25) is 0 Å². The molecule has 0 aliphatic heterocycles. The molecule has 2 rings (SSSR count). The summed E-state index contributed by atoms with van der Waals surface area (Å²) >= 11 is 0. The minimum absolute atomic E-state index is 0.0424. The van der Waals surface area contributed by atoms with Gasteiger partial charge in [-0.15, -0.1) is 0 Å². The molecule has 1 aliphatic rings. The van der Waals surface area contributed by atoms with Gasteiger partial charge in [-0.05, 0) is 31.2 Å². The van der Waals surface area contributed by atoms with E-state index in [9.17, 15) is 9.59 Å². The molecule has 1 aromatic rings. The van der Waals surface area contributed by atoms with Crippen LogP contribution in [0, 0.1) is 0 Å². The lowest BCUT2D eigenvalue weighted by Crippen LogP contribution is -2.45. The van der Waals surface area contributed by atoms with Gasteiger partial charge in [-0.2, -0.15) is 0 Å². The molecule has 126 valence electrons. The molecule has 0 radical (unpaired) electrons. The lowest BCUT2D eigenvalue weighted by molar-refractivity contribution is -0.145. The molecule has 0 unspecified atom stereocenters. The summed E-state index contributed by atoms with van der Waals surface area (Å²) in [7, 11) is 1.67. The van der Waals surface area contributed by atoms with Crippen LogP contribution >= 0.6 is 0 Å². The predicted molar refractivity (Wildman–Crippen MR) is 86.9 cm³/mol. The van der Waals surface area contributed by atoms with E-state index in [0.717, 1.165) is 24.8 Å². The highest BCUT2D eigenvalue weighted by Crippen LogP contribution is 2.38. The summed E-state index contributed by atoms with van der Waals surface area (Å²) in [6.07, 6.45) is 3.86. The van der Waals surface area contributed by atoms with E-state index in [1.165, 1.54) is 0 Å². The Kier molecular flexibility index (Phi) is 6.16. The Morgan fingerprint density at radius 1 is 1.26 bits per heavy atom. The molecule has 0 aromatic heterocycles. The van der Waals surface area contributed by atoms with Crippen molar-refractivity contribution >= 4 is 11.9 Å². The van der Waals surface area contributed by atoms with Crippen LogP contribution in [-0.4, -0.2) is 41.1 Å². The summed E-state index contributed by atoms with van der Waals surface area (Å²) in [5, 5.41) is 8.80. The van der Waals surface area contributed by atoms with Crippen molar-refractivity contribution in [2.75, 3.05) is 13.7 Å². The number of carboxylic acids is 1. The maximum atomic E-state index is 12.7. The van der Waals surface area contributed by atoms with Gasteiger partial charge < -0.3 is 14.7 Å². The summed E-state index contributed by atoms with van der Waals surface area (Å²) in [6, 6.07) is 9.78. The van der Waals surface area contributed by atoms with Gasteiger partial charge in [-0.25, -0.2) is 0 Å². The van der Waals surface area contributed by atoms with Crippen molar-refractivity contribution in [2.45, 2.75) is 50.7 Å². The molecule has 0 atom stereocenters. The largest absolute Gasteiger partial charge is 0.481 e. The van der Waals surface area contributed by atoms with Gasteiger partial charge in [-0.3, -0.25) is 9.59 Å². The zero-order chi connectivity index (χ0) is 16.7. The van der Waals surface area contributed by atoms with E-state index in [2.05, 4.69) is 0 Å². The summed E-state index contributed by atoms with van der Waals surface area (Å²) in [5.41, 5.74) is 0.745. The molecule has 1 N–H and O–H groups in total. The second kappa shape index (κ2) is 8.11. The lowest BCUT2D eigenvalue weighted by atomic mass is 9.77. The van der Waals surface area contributed by atoms with Crippen molar-refractivity contribution in [3.05, 3.63) is 35.9 Å². The van der Waals surface area contributed by atoms with Gasteiger partial charge in [-0.1, -0.05) is 30.3 Å². The van der Waals surface area contributed by atoms with Crippen molar-refractivity contribution in [3.63, 3.8) is 0 Å². The first-order valence-electron chi connectivity index (χ1n) is 8.13. The van der Waals surface area contributed by atoms with Crippen LogP contribution in [0.4, 0.5) is 0 Å². The van der Waals surface area contributed by atoms with Gasteiger partial charge in [0.15, 0.2) is 0 Å². The fourth-order valence-corrected chi connectivity index (χ4v) is 2.93. The Labute approximate surface area is 137 Å². The third-order valence-corrected chi connectivity index (χ3v) is 4.56. The monoisotopic (exact) mass is 319 g/mol. The summed E-state index contributed by atoms with van der Waals surface area (Å²) in [6.45, 7) is 0.971. The molecule has 1 amide bonds. The number of aliphatic carboxylic acids is 1. The van der Waals surface area contributed by atoms with Crippen LogP contribution in [0.3, 0.4) is 0 Å². The third kappa shape index (κ3) is 5.06. The number of carbonyl (C=O) groups is 2. The quantitative estimate of drug-likeness (QED) is 0.760. The van der Waals surface area contributed by atoms with E-state index in [-0.39, 0.29) is 17.9 Å². The highest BCUT2D eigenvalue weighted by molar-refractivity contribution is 5.77. The molecule has 0 heterocycles. The van der Waals surface area contributed by atoms with Gasteiger partial charge in [0.2, 0.25) is 5.91 Å². The highest BCUT2D eigenvalue weighted by atomic mass is 16.5. The molecule has 0 bridgehead atoms. The first-order valence-corrected chi connectivity index (χ1v) is 8.13. The number of rotatable bonds is 9. The van der Waals surface area contributed by atoms with E-state index in [4.69, 9.17) is 9.84 Å². The number of amides is 1. The van der Waals surface area contributed by atoms with E-state index >= 15 is 0 Å². The molecule has 5 heteroatoms. The fraction of sp³-hybridized carbons (Fsp3) is 0.556. The molecule has 1 aliphatic carbocycles. The van der Waals surface area contributed by atoms with E-state index in [1.807, 2.05) is 30.3 Å². The Bertz CT molecular complexity index is 520. The standard InChI is InChI=1S/C18H25NO4/c1-23-18(10-6-11-18)13-16(20)19(12-5-9-17(21)22)14-15-7-3-2-4-8-15/h2-4,7-8H,5-6,9-14H2,1H3,(H,21,22). The average molecular weight is 319 g/mol. The van der Waals surface area contributed by atoms with Crippen molar-refractivity contribution in [2.24, 2.45) is 0 Å². The van der Waals surface area contributed by atoms with Crippen molar-refractivity contribution < 1.29 is 19.4 Å². The minimum Gasteiger partial charge on any atom is -0.481 e. The van der Waals surface area contributed by atoms with Crippen molar-refractivity contribution in [3.8, 4) is 0 Å². The van der Waals surface area contributed by atoms with Gasteiger partial charge in [0, 0.05) is 26.6 Å². The second-order valence-corrected chi connectivity index (χ2v) is 6.22. The molecule has 5 nitrogen and oxygen atoms in total. The number of ether oxygens (including phenoxy) is 1. The zero-order valence-electron chi connectivity index (χ0n) is 13.7. The average Bonchev–Trinajstić information content (AvgIpc) is 2.50. The van der Waals surface area contributed by atoms with Crippen LogP contribution < -0.4 is 0 Å². The molecule has 1 aromatic carbocycles. The smallest absolute Gasteiger partial charge is 0.303 e. The van der Waals surface area contributed by atoms with Crippen LogP contribution in [0.1, 0.15) is 44.1 Å². The minimum atomic E-state index is -0.829. The van der Waals surface area contributed by atoms with Gasteiger partial charge in [0.1, 0.15) is 0 Å². The fourth-order valence-electron chi connectivity index (χ4n) is 2.93. The second-order valence-electron chi connectivity index (χ2n) is 6.22. The SMILES string of the molecule is COC1(CC(=O)N(CCCC(=O)O)Cc2ccccc2)CCC1. The first-order chi connectivity index (χ1) is 11.0. The molecule has 1 fully saturated rings. The topological polar surface area (TPSA) is 66.8 Å². The number of nitrogens with zero attached hydrogens (tertiary/aromatic N) is 1. The highest BCUT2D eigenvalue weighted by Gasteiger charge is 2.40. The van der Waals surface area contributed by atoms with Crippen LogP contribution in [0.25, 0.3) is 0 Å². The first kappa shape index (κ1) is 17.5. The number of carbonyl (C=O) groups excluding carboxylic acids is 1. The summed E-state index contributed by atoms with van der Waals surface area (Å²) < 4.78 is 5.55. The lowest BCUT2D eigenvalue weighted by Gasteiger charge is -2.41. The number of carboxylic acid groups (broad SMARTS) is 1. The summed E-state index contributed by atoms with van der Waals surface area (Å²) in [4.78, 5) is 25.2. The van der Waals surface area contributed by atoms with E-state index in [0.29, 0.717) is 25.9 Å². The normalized spacial score (nSPS) is 15.7. The van der Waals surface area contributed by atoms with Crippen molar-refractivity contribution in [1.82, 2.24) is 4.90 Å². The maximum Gasteiger partial charge on any atom is 0.303 e. The zero-order valence-corrected chi connectivity index (χ0v) is 13.7. The Balaban J connectivity index is 1.99. The molecule has 0 saturated heterocycles. The number of hydrogen-bond donors (Lipinski definition) is 1. The van der Waals surface area contributed by atoms with Crippen molar-refractivity contribution in [1.29, 1.82) is 0 Å². The Morgan fingerprint density at radius 3 is 2.48 bits per heavy atom. The van der Waals surface area contributed by atoms with Crippen LogP contribution in [0.15, 0.2) is 30.3 Å². The maximum absolute atomic E-state index is 12.7. The van der Waals surface area contributed by atoms with Gasteiger partial charge in [0.05, 0.1) is 12.0 Å². The molecular weight excluding hydrogens is 294 g/mol.